The molecule has 1 aliphatic rings. The Kier molecular flexibility index (Phi) is 3.79. The smallest absolute Gasteiger partial charge is 0.471 e. The van der Waals surface area contributed by atoms with Crippen molar-refractivity contribution in [3.05, 3.63) is 12.2 Å². The Morgan fingerprint density at radius 3 is 2.35 bits per heavy atom. The highest BCUT2D eigenvalue weighted by molar-refractivity contribution is 5.83. The van der Waals surface area contributed by atoms with Gasteiger partial charge in [0, 0.05) is 19.0 Å². The first-order valence-corrected chi connectivity index (χ1v) is 4.99. The summed E-state index contributed by atoms with van der Waals surface area (Å²) in [5.41, 5.74) is 0. The summed E-state index contributed by atoms with van der Waals surface area (Å²) in [6.45, 7) is 1.04. The molecule has 0 saturated carbocycles. The second kappa shape index (κ2) is 4.77. The summed E-state index contributed by atoms with van der Waals surface area (Å²) in [6, 6.07) is 0. The number of allylic oxidation sites excluding steroid dienone is 1. The minimum absolute atomic E-state index is 0.209. The predicted molar refractivity (Wildman–Crippen MR) is 52.1 cm³/mol. The lowest BCUT2D eigenvalue weighted by atomic mass is 9.96. The summed E-state index contributed by atoms with van der Waals surface area (Å²) in [7, 11) is 0. The molecule has 1 aliphatic heterocycles. The maximum absolute atomic E-state index is 12.2. The molecule has 0 spiro atoms. The van der Waals surface area contributed by atoms with Crippen LogP contribution in [0.25, 0.3) is 0 Å². The molecular formula is C10H12F3NO3. The standard InChI is InChI=1S/C10H12F3NO3/c1-2-3-6-4-14(5-7(6)8(15)16)9(17)10(11,12)13/h2-3,6-7H,4-5H2,1H3,(H,15,16)/b3-2+/t6-,7-/m1/s1. The third-order valence-corrected chi connectivity index (χ3v) is 2.65. The van der Waals surface area contributed by atoms with Crippen molar-refractivity contribution in [1.29, 1.82) is 0 Å². The topological polar surface area (TPSA) is 57.6 Å². The van der Waals surface area contributed by atoms with Gasteiger partial charge in [0.2, 0.25) is 0 Å². The van der Waals surface area contributed by atoms with E-state index in [1.165, 1.54) is 6.08 Å². The van der Waals surface area contributed by atoms with E-state index in [2.05, 4.69) is 0 Å². The number of carboxylic acids is 1. The Bertz CT molecular complexity index is 351. The Morgan fingerprint density at radius 1 is 1.35 bits per heavy atom. The number of carboxylic acid groups (broad SMARTS) is 1. The maximum atomic E-state index is 12.2. The van der Waals surface area contributed by atoms with Crippen molar-refractivity contribution < 1.29 is 27.9 Å². The summed E-state index contributed by atoms with van der Waals surface area (Å²) < 4.78 is 36.6. The van der Waals surface area contributed by atoms with Crippen LogP contribution in [0.5, 0.6) is 0 Å². The molecule has 96 valence electrons. The van der Waals surface area contributed by atoms with E-state index in [0.29, 0.717) is 4.90 Å². The Balaban J connectivity index is 2.82. The molecule has 4 nitrogen and oxygen atoms in total. The van der Waals surface area contributed by atoms with Gasteiger partial charge in [0.25, 0.3) is 0 Å². The highest BCUT2D eigenvalue weighted by Gasteiger charge is 2.47. The molecule has 0 unspecified atom stereocenters. The molecule has 1 heterocycles. The number of hydrogen-bond acceptors (Lipinski definition) is 2. The highest BCUT2D eigenvalue weighted by Crippen LogP contribution is 2.29. The van der Waals surface area contributed by atoms with E-state index in [1.54, 1.807) is 13.0 Å². The molecular weight excluding hydrogens is 239 g/mol. The van der Waals surface area contributed by atoms with Crippen LogP contribution in [0, 0.1) is 11.8 Å². The second-order valence-corrected chi connectivity index (χ2v) is 3.84. The predicted octanol–water partition coefficient (Wildman–Crippen LogP) is 1.28. The number of hydrogen-bond donors (Lipinski definition) is 1. The number of likely N-dealkylation sites (tertiary alicyclic amines) is 1. The zero-order chi connectivity index (χ0) is 13.2. The van der Waals surface area contributed by atoms with Gasteiger partial charge in [0.1, 0.15) is 0 Å². The molecule has 0 aromatic heterocycles. The van der Waals surface area contributed by atoms with Crippen LogP contribution in [0.1, 0.15) is 6.92 Å². The molecule has 17 heavy (non-hydrogen) atoms. The van der Waals surface area contributed by atoms with Gasteiger partial charge < -0.3 is 10.0 Å². The average Bonchev–Trinajstić information content (AvgIpc) is 2.60. The van der Waals surface area contributed by atoms with Crippen LogP contribution in [0.15, 0.2) is 12.2 Å². The fourth-order valence-corrected chi connectivity index (χ4v) is 1.88. The van der Waals surface area contributed by atoms with Crippen LogP contribution >= 0.6 is 0 Å². The van der Waals surface area contributed by atoms with Crippen LogP contribution in [-0.2, 0) is 9.59 Å². The van der Waals surface area contributed by atoms with E-state index in [9.17, 15) is 22.8 Å². The van der Waals surface area contributed by atoms with Crippen molar-refractivity contribution in [3.63, 3.8) is 0 Å². The third kappa shape index (κ3) is 2.98. The third-order valence-electron chi connectivity index (χ3n) is 2.65. The van der Waals surface area contributed by atoms with Gasteiger partial charge in [-0.05, 0) is 6.92 Å². The number of carbonyl (C=O) groups excluding carboxylic acids is 1. The summed E-state index contributed by atoms with van der Waals surface area (Å²) in [4.78, 5) is 22.4. The van der Waals surface area contributed by atoms with Gasteiger partial charge in [-0.3, -0.25) is 9.59 Å². The van der Waals surface area contributed by atoms with E-state index in [0.717, 1.165) is 0 Å². The summed E-state index contributed by atoms with van der Waals surface area (Å²) in [6.07, 6.45) is -1.86. The average molecular weight is 251 g/mol. The normalized spacial score (nSPS) is 25.5. The van der Waals surface area contributed by atoms with Gasteiger partial charge in [-0.1, -0.05) is 12.2 Å². The van der Waals surface area contributed by atoms with Crippen LogP contribution in [-0.4, -0.2) is 41.1 Å². The molecule has 1 amide bonds. The van der Waals surface area contributed by atoms with Gasteiger partial charge in [-0.15, -0.1) is 0 Å². The Morgan fingerprint density at radius 2 is 1.94 bits per heavy atom. The highest BCUT2D eigenvalue weighted by atomic mass is 19.4. The number of rotatable bonds is 2. The van der Waals surface area contributed by atoms with E-state index in [-0.39, 0.29) is 6.54 Å². The molecule has 0 radical (unpaired) electrons. The van der Waals surface area contributed by atoms with Crippen molar-refractivity contribution in [3.8, 4) is 0 Å². The molecule has 2 atom stereocenters. The van der Waals surface area contributed by atoms with Gasteiger partial charge in [-0.25, -0.2) is 0 Å². The van der Waals surface area contributed by atoms with Crippen LogP contribution in [0.4, 0.5) is 13.2 Å². The number of halogens is 3. The molecule has 0 aliphatic carbocycles. The summed E-state index contributed by atoms with van der Waals surface area (Å²) in [5, 5.41) is 8.86. The van der Waals surface area contributed by atoms with Crippen LogP contribution < -0.4 is 0 Å². The van der Waals surface area contributed by atoms with Crippen molar-refractivity contribution in [2.75, 3.05) is 13.1 Å². The van der Waals surface area contributed by atoms with Gasteiger partial charge in [0.05, 0.1) is 5.92 Å². The second-order valence-electron chi connectivity index (χ2n) is 3.84. The molecule has 1 rings (SSSR count). The molecule has 1 N–H and O–H groups in total. The number of nitrogens with zero attached hydrogens (tertiary/aromatic N) is 1. The number of carbonyl (C=O) groups is 2. The summed E-state index contributed by atoms with van der Waals surface area (Å²) in [5.74, 6) is -4.71. The van der Waals surface area contributed by atoms with E-state index >= 15 is 0 Å². The van der Waals surface area contributed by atoms with Crippen molar-refractivity contribution in [2.45, 2.75) is 13.1 Å². The van der Waals surface area contributed by atoms with E-state index < -0.39 is 36.4 Å². The zero-order valence-corrected chi connectivity index (χ0v) is 9.07. The lowest BCUT2D eigenvalue weighted by Crippen LogP contribution is -2.40. The molecule has 0 aromatic carbocycles. The quantitative estimate of drug-likeness (QED) is 0.752. The Labute approximate surface area is 95.7 Å². The lowest BCUT2D eigenvalue weighted by molar-refractivity contribution is -0.184. The van der Waals surface area contributed by atoms with Crippen LogP contribution in [0.2, 0.25) is 0 Å². The van der Waals surface area contributed by atoms with Gasteiger partial charge >= 0.3 is 18.1 Å². The zero-order valence-electron chi connectivity index (χ0n) is 9.07. The number of aliphatic carboxylic acids is 1. The summed E-state index contributed by atoms with van der Waals surface area (Å²) >= 11 is 0. The van der Waals surface area contributed by atoms with Gasteiger partial charge in [0.15, 0.2) is 0 Å². The molecule has 0 aromatic rings. The molecule has 1 saturated heterocycles. The monoisotopic (exact) mass is 251 g/mol. The fourth-order valence-electron chi connectivity index (χ4n) is 1.88. The first kappa shape index (κ1) is 13.5. The van der Waals surface area contributed by atoms with Crippen molar-refractivity contribution >= 4 is 11.9 Å². The lowest BCUT2D eigenvalue weighted by Gasteiger charge is -2.17. The largest absolute Gasteiger partial charge is 0.481 e. The van der Waals surface area contributed by atoms with Crippen molar-refractivity contribution in [1.82, 2.24) is 4.90 Å². The van der Waals surface area contributed by atoms with Crippen LogP contribution in [0.3, 0.4) is 0 Å². The van der Waals surface area contributed by atoms with Crippen molar-refractivity contribution in [2.24, 2.45) is 11.8 Å². The minimum Gasteiger partial charge on any atom is -0.481 e. The molecule has 0 bridgehead atoms. The molecule has 1 fully saturated rings. The fraction of sp³-hybridized carbons (Fsp3) is 0.600. The first-order valence-electron chi connectivity index (χ1n) is 4.99. The minimum atomic E-state index is -4.95. The first-order chi connectivity index (χ1) is 7.77. The Hall–Kier alpha value is -1.53. The van der Waals surface area contributed by atoms with E-state index in [1.807, 2.05) is 0 Å². The van der Waals surface area contributed by atoms with E-state index in [4.69, 9.17) is 5.11 Å². The maximum Gasteiger partial charge on any atom is 0.471 e. The SMILES string of the molecule is C/C=C/[C@@H]1CN(C(=O)C(F)(F)F)C[C@H]1C(=O)O. The molecule has 7 heteroatoms. The number of alkyl halides is 3. The number of amides is 1. The van der Waals surface area contributed by atoms with Gasteiger partial charge in [-0.2, -0.15) is 13.2 Å².